The molecule has 0 aliphatic heterocycles. The summed E-state index contributed by atoms with van der Waals surface area (Å²) in [5.74, 6) is -2.10. The number of pyridine rings is 1. The lowest BCUT2D eigenvalue weighted by molar-refractivity contribution is 0.102. The molecule has 0 atom stereocenters. The van der Waals surface area contributed by atoms with Crippen LogP contribution in [-0.2, 0) is 0 Å². The largest absolute Gasteiger partial charge is 0.497 e. The fourth-order valence-corrected chi connectivity index (χ4v) is 2.21. The van der Waals surface area contributed by atoms with Gasteiger partial charge in [-0.2, -0.15) is 0 Å². The van der Waals surface area contributed by atoms with Crippen molar-refractivity contribution in [3.63, 3.8) is 0 Å². The van der Waals surface area contributed by atoms with Crippen LogP contribution in [-0.4, -0.2) is 18.0 Å². The van der Waals surface area contributed by atoms with Crippen molar-refractivity contribution in [3.05, 3.63) is 65.9 Å². The van der Waals surface area contributed by atoms with Gasteiger partial charge in [0.25, 0.3) is 5.91 Å². The third kappa shape index (κ3) is 2.96. The summed E-state index contributed by atoms with van der Waals surface area (Å²) in [6, 6.07) is 9.97. The van der Waals surface area contributed by atoms with Crippen molar-refractivity contribution >= 4 is 22.5 Å². The maximum absolute atomic E-state index is 13.3. The summed E-state index contributed by atoms with van der Waals surface area (Å²) >= 11 is 0. The van der Waals surface area contributed by atoms with Crippen molar-refractivity contribution in [2.45, 2.75) is 0 Å². The number of carbonyl (C=O) groups excluding carboxylic acids is 1. The van der Waals surface area contributed by atoms with Crippen molar-refractivity contribution in [1.29, 1.82) is 0 Å². The van der Waals surface area contributed by atoms with E-state index in [0.717, 1.165) is 17.5 Å². The molecule has 23 heavy (non-hydrogen) atoms. The quantitative estimate of drug-likeness (QED) is 0.800. The minimum Gasteiger partial charge on any atom is -0.497 e. The van der Waals surface area contributed by atoms with E-state index in [9.17, 15) is 13.6 Å². The van der Waals surface area contributed by atoms with Gasteiger partial charge in [-0.1, -0.05) is 6.07 Å². The van der Waals surface area contributed by atoms with Crippen molar-refractivity contribution in [3.8, 4) is 5.75 Å². The van der Waals surface area contributed by atoms with Gasteiger partial charge in [-0.05, 0) is 30.3 Å². The van der Waals surface area contributed by atoms with Gasteiger partial charge in [0.05, 0.1) is 18.3 Å². The number of halogens is 2. The van der Waals surface area contributed by atoms with Crippen molar-refractivity contribution in [2.24, 2.45) is 0 Å². The molecule has 0 aliphatic carbocycles. The van der Waals surface area contributed by atoms with Gasteiger partial charge in [0.1, 0.15) is 5.75 Å². The summed E-state index contributed by atoms with van der Waals surface area (Å²) in [5.41, 5.74) is 1.01. The van der Waals surface area contributed by atoms with E-state index in [2.05, 4.69) is 10.3 Å². The molecule has 1 N–H and O–H groups in total. The SMILES string of the molecule is COc1cc(NC(=O)c2ccc(F)c(F)c2)c2ncccc2c1. The number of nitrogens with zero attached hydrogens (tertiary/aromatic N) is 1. The Hall–Kier alpha value is -3.02. The second-order valence-electron chi connectivity index (χ2n) is 4.83. The molecule has 0 fully saturated rings. The van der Waals surface area contributed by atoms with Crippen LogP contribution in [0.3, 0.4) is 0 Å². The molecule has 2 aromatic carbocycles. The van der Waals surface area contributed by atoms with Crippen LogP contribution in [0.2, 0.25) is 0 Å². The highest BCUT2D eigenvalue weighted by Crippen LogP contribution is 2.28. The van der Waals surface area contributed by atoms with Crippen LogP contribution in [0.25, 0.3) is 10.9 Å². The van der Waals surface area contributed by atoms with Crippen LogP contribution >= 0.6 is 0 Å². The Bertz CT molecular complexity index is 897. The molecule has 6 heteroatoms. The standard InChI is InChI=1S/C17H12F2N2O2/c1-23-12-7-10-3-2-6-20-16(10)15(9-12)21-17(22)11-4-5-13(18)14(19)8-11/h2-9H,1H3,(H,21,22). The van der Waals surface area contributed by atoms with Crippen LogP contribution in [0.5, 0.6) is 5.75 Å². The van der Waals surface area contributed by atoms with Crippen LogP contribution in [0.4, 0.5) is 14.5 Å². The maximum Gasteiger partial charge on any atom is 0.255 e. The lowest BCUT2D eigenvalue weighted by Crippen LogP contribution is -2.13. The molecular weight excluding hydrogens is 302 g/mol. The average Bonchev–Trinajstić information content (AvgIpc) is 2.57. The molecule has 1 amide bonds. The highest BCUT2D eigenvalue weighted by Gasteiger charge is 2.13. The third-order valence-corrected chi connectivity index (χ3v) is 3.34. The summed E-state index contributed by atoms with van der Waals surface area (Å²) in [6.45, 7) is 0. The summed E-state index contributed by atoms with van der Waals surface area (Å²) in [4.78, 5) is 16.5. The number of hydrogen-bond donors (Lipinski definition) is 1. The Morgan fingerprint density at radius 2 is 1.96 bits per heavy atom. The number of methoxy groups -OCH3 is 1. The first-order valence-electron chi connectivity index (χ1n) is 6.77. The Labute approximate surface area is 130 Å². The minimum absolute atomic E-state index is 0.0100. The van der Waals surface area contributed by atoms with Crippen LogP contribution in [0, 0.1) is 11.6 Å². The van der Waals surface area contributed by atoms with E-state index >= 15 is 0 Å². The molecule has 1 aromatic heterocycles. The predicted octanol–water partition coefficient (Wildman–Crippen LogP) is 3.77. The molecule has 3 aromatic rings. The van der Waals surface area contributed by atoms with E-state index in [1.165, 1.54) is 13.2 Å². The number of rotatable bonds is 3. The number of benzene rings is 2. The highest BCUT2D eigenvalue weighted by molar-refractivity contribution is 6.08. The summed E-state index contributed by atoms with van der Waals surface area (Å²) in [6.07, 6.45) is 1.60. The molecule has 116 valence electrons. The summed E-state index contributed by atoms with van der Waals surface area (Å²) in [5, 5.41) is 3.44. The first-order chi connectivity index (χ1) is 11.1. The molecule has 0 saturated carbocycles. The second kappa shape index (κ2) is 6.00. The molecule has 0 spiro atoms. The van der Waals surface area contributed by atoms with Crippen LogP contribution in [0.15, 0.2) is 48.7 Å². The monoisotopic (exact) mass is 314 g/mol. The zero-order valence-electron chi connectivity index (χ0n) is 12.1. The minimum atomic E-state index is -1.08. The van der Waals surface area contributed by atoms with Crippen molar-refractivity contribution in [1.82, 2.24) is 4.98 Å². The summed E-state index contributed by atoms with van der Waals surface area (Å²) < 4.78 is 31.4. The molecule has 0 unspecified atom stereocenters. The molecule has 0 saturated heterocycles. The number of nitrogens with one attached hydrogen (secondary N) is 1. The van der Waals surface area contributed by atoms with Gasteiger partial charge in [-0.3, -0.25) is 9.78 Å². The van der Waals surface area contributed by atoms with E-state index in [1.54, 1.807) is 24.4 Å². The zero-order valence-corrected chi connectivity index (χ0v) is 12.1. The Morgan fingerprint density at radius 3 is 2.70 bits per heavy atom. The normalized spacial score (nSPS) is 10.6. The van der Waals surface area contributed by atoms with Gasteiger partial charge in [0.15, 0.2) is 11.6 Å². The van der Waals surface area contributed by atoms with Crippen LogP contribution < -0.4 is 10.1 Å². The van der Waals surface area contributed by atoms with Gasteiger partial charge in [0.2, 0.25) is 0 Å². The van der Waals surface area contributed by atoms with E-state index < -0.39 is 17.5 Å². The number of hydrogen-bond acceptors (Lipinski definition) is 3. The van der Waals surface area contributed by atoms with Gasteiger partial charge >= 0.3 is 0 Å². The fourth-order valence-electron chi connectivity index (χ4n) is 2.21. The maximum atomic E-state index is 13.3. The van der Waals surface area contributed by atoms with Crippen molar-refractivity contribution in [2.75, 3.05) is 12.4 Å². The van der Waals surface area contributed by atoms with Gasteiger partial charge in [-0.15, -0.1) is 0 Å². The number of carbonyl (C=O) groups is 1. The van der Waals surface area contributed by atoms with E-state index in [0.29, 0.717) is 17.0 Å². The topological polar surface area (TPSA) is 51.2 Å². The highest BCUT2D eigenvalue weighted by atomic mass is 19.2. The second-order valence-corrected chi connectivity index (χ2v) is 4.83. The fraction of sp³-hybridized carbons (Fsp3) is 0.0588. The molecule has 3 rings (SSSR count). The lowest BCUT2D eigenvalue weighted by atomic mass is 10.1. The average molecular weight is 314 g/mol. The molecule has 1 heterocycles. The first-order valence-corrected chi connectivity index (χ1v) is 6.77. The van der Waals surface area contributed by atoms with Gasteiger partial charge < -0.3 is 10.1 Å². The number of aromatic nitrogens is 1. The van der Waals surface area contributed by atoms with Crippen molar-refractivity contribution < 1.29 is 18.3 Å². The Kier molecular flexibility index (Phi) is 3.89. The zero-order chi connectivity index (χ0) is 16.4. The van der Waals surface area contributed by atoms with E-state index in [1.807, 2.05) is 6.07 Å². The van der Waals surface area contributed by atoms with E-state index in [4.69, 9.17) is 4.74 Å². The van der Waals surface area contributed by atoms with E-state index in [-0.39, 0.29) is 5.56 Å². The smallest absolute Gasteiger partial charge is 0.255 e. The molecule has 0 radical (unpaired) electrons. The molecule has 0 bridgehead atoms. The molecule has 0 aliphatic rings. The van der Waals surface area contributed by atoms with Crippen LogP contribution in [0.1, 0.15) is 10.4 Å². The number of anilines is 1. The first kappa shape index (κ1) is 14.9. The molecular formula is C17H12F2N2O2. The van der Waals surface area contributed by atoms with Gasteiger partial charge in [0, 0.05) is 23.2 Å². The lowest BCUT2D eigenvalue weighted by Gasteiger charge is -2.10. The number of ether oxygens (including phenoxy) is 1. The number of amides is 1. The Morgan fingerprint density at radius 1 is 1.13 bits per heavy atom. The summed E-state index contributed by atoms with van der Waals surface area (Å²) in [7, 11) is 1.51. The third-order valence-electron chi connectivity index (χ3n) is 3.34. The molecule has 4 nitrogen and oxygen atoms in total. The van der Waals surface area contributed by atoms with Gasteiger partial charge in [-0.25, -0.2) is 8.78 Å². The number of fused-ring (bicyclic) bond motifs is 1. The Balaban J connectivity index is 2.00. The predicted molar refractivity (Wildman–Crippen MR) is 82.6 cm³/mol.